The number of halogens is 3. The van der Waals surface area contributed by atoms with Crippen LogP contribution in [0.3, 0.4) is 0 Å². The predicted molar refractivity (Wildman–Crippen MR) is 77.1 cm³/mol. The standard InChI is InChI=1S/C11H10Br.C5H5.2ClH.Zr/c1-7-5-9-3-4-11(12)8(2)10(9)6-7;1-2-4-5-3-1;;;/h3-6H,1-2H3;1-3H,4H2;2*1H;/q;;;;+2/p-2. The van der Waals surface area contributed by atoms with Crippen molar-refractivity contribution in [1.82, 2.24) is 0 Å². The maximum Gasteiger partial charge on any atom is -1.00 e. The van der Waals surface area contributed by atoms with E-state index in [1.54, 1.807) is 14.4 Å². The Bertz CT molecular complexity index is 603. The van der Waals surface area contributed by atoms with Crippen LogP contribution in [-0.2, 0) is 23.2 Å². The summed E-state index contributed by atoms with van der Waals surface area (Å²) in [6.45, 7) is 4.53. The molecule has 0 aliphatic heterocycles. The van der Waals surface area contributed by atoms with Gasteiger partial charge in [-0.1, -0.05) is 0 Å². The van der Waals surface area contributed by atoms with Crippen LogP contribution in [0.4, 0.5) is 0 Å². The largest absolute Gasteiger partial charge is 1.00 e. The summed E-state index contributed by atoms with van der Waals surface area (Å²) in [5, 5.41) is 0. The monoisotopic (exact) mass is 446 g/mol. The minimum Gasteiger partial charge on any atom is -1.00 e. The zero-order chi connectivity index (χ0) is 12.7. The van der Waals surface area contributed by atoms with Gasteiger partial charge in [0.25, 0.3) is 0 Å². The smallest absolute Gasteiger partial charge is 1.00 e. The fraction of sp³-hybridized carbons (Fsp3) is 0.250. The molecule has 0 heterocycles. The second-order valence-corrected chi connectivity index (χ2v) is 9.53. The SMILES string of the molecule is CC1=Cc2c(ccc(Br)c2C)[CH]1[Zr+2][C]1=CC=CC1.[Cl-].[Cl-]. The molecule has 0 aromatic heterocycles. The fourth-order valence-electron chi connectivity index (χ4n) is 2.65. The number of rotatable bonds is 2. The summed E-state index contributed by atoms with van der Waals surface area (Å²) in [4.78, 5) is 0. The van der Waals surface area contributed by atoms with Crippen LogP contribution in [0, 0.1) is 6.92 Å². The summed E-state index contributed by atoms with van der Waals surface area (Å²) in [5.41, 5.74) is 6.02. The van der Waals surface area contributed by atoms with Crippen LogP contribution in [-0.4, -0.2) is 0 Å². The Kier molecular flexibility index (Phi) is 6.99. The molecule has 1 unspecified atom stereocenters. The summed E-state index contributed by atoms with van der Waals surface area (Å²) in [7, 11) is 0. The topological polar surface area (TPSA) is 0 Å². The molecule has 3 rings (SSSR count). The van der Waals surface area contributed by atoms with E-state index < -0.39 is 23.2 Å². The molecular formula is C16H15BrCl2Zr. The maximum absolute atomic E-state index is 3.64. The molecule has 2 aliphatic rings. The number of fused-ring (bicyclic) bond motifs is 1. The van der Waals surface area contributed by atoms with E-state index in [2.05, 4.69) is 66.2 Å². The van der Waals surface area contributed by atoms with Crippen molar-refractivity contribution in [3.8, 4) is 0 Å². The second-order valence-electron chi connectivity index (χ2n) is 4.97. The predicted octanol–water partition coefficient (Wildman–Crippen LogP) is -0.850. The maximum atomic E-state index is 3.64. The number of benzene rings is 1. The van der Waals surface area contributed by atoms with Crippen LogP contribution in [0.15, 0.2) is 43.7 Å². The summed E-state index contributed by atoms with van der Waals surface area (Å²) in [6, 6.07) is 4.54. The van der Waals surface area contributed by atoms with Gasteiger partial charge in [0.15, 0.2) is 0 Å². The van der Waals surface area contributed by atoms with Gasteiger partial charge in [-0.25, -0.2) is 0 Å². The van der Waals surface area contributed by atoms with Crippen molar-refractivity contribution in [2.45, 2.75) is 23.9 Å². The van der Waals surface area contributed by atoms with Crippen LogP contribution in [0.25, 0.3) is 6.08 Å². The molecule has 104 valence electrons. The van der Waals surface area contributed by atoms with Crippen molar-refractivity contribution in [3.05, 3.63) is 60.4 Å². The van der Waals surface area contributed by atoms with Crippen LogP contribution in [0.5, 0.6) is 0 Å². The quantitative estimate of drug-likeness (QED) is 0.552. The van der Waals surface area contributed by atoms with Crippen molar-refractivity contribution in [2.24, 2.45) is 0 Å². The molecule has 1 aromatic rings. The second kappa shape index (κ2) is 7.59. The van der Waals surface area contributed by atoms with Gasteiger partial charge in [-0.2, -0.15) is 0 Å². The zero-order valence-electron chi connectivity index (χ0n) is 11.4. The molecule has 2 aliphatic carbocycles. The summed E-state index contributed by atoms with van der Waals surface area (Å²) in [5.74, 6) is 0. The molecular weight excluding hydrogens is 434 g/mol. The van der Waals surface area contributed by atoms with E-state index in [0.29, 0.717) is 0 Å². The molecule has 0 bridgehead atoms. The van der Waals surface area contributed by atoms with Crippen LogP contribution < -0.4 is 24.8 Å². The van der Waals surface area contributed by atoms with Gasteiger partial charge >= 0.3 is 130 Å². The Morgan fingerprint density at radius 1 is 1.20 bits per heavy atom. The third-order valence-electron chi connectivity index (χ3n) is 3.72. The normalized spacial score (nSPS) is 18.4. The zero-order valence-corrected chi connectivity index (χ0v) is 16.9. The summed E-state index contributed by atoms with van der Waals surface area (Å²) in [6.07, 6.45) is 10.5. The van der Waals surface area contributed by atoms with Gasteiger partial charge in [-0.05, 0) is 0 Å². The molecule has 0 spiro atoms. The first kappa shape index (κ1) is 18.4. The average molecular weight is 449 g/mol. The molecule has 1 aromatic carbocycles. The van der Waals surface area contributed by atoms with Gasteiger partial charge in [0.05, 0.1) is 0 Å². The van der Waals surface area contributed by atoms with E-state index in [1.165, 1.54) is 22.0 Å². The number of hydrogen-bond acceptors (Lipinski definition) is 0. The minimum atomic E-state index is -0.513. The Balaban J connectivity index is 0.000001000. The van der Waals surface area contributed by atoms with Crippen molar-refractivity contribution in [1.29, 1.82) is 0 Å². The molecule has 0 nitrogen and oxygen atoms in total. The van der Waals surface area contributed by atoms with Crippen LogP contribution >= 0.6 is 15.9 Å². The first-order valence-electron chi connectivity index (χ1n) is 6.26. The van der Waals surface area contributed by atoms with Gasteiger partial charge in [-0.15, -0.1) is 0 Å². The summed E-state index contributed by atoms with van der Waals surface area (Å²) < 4.78 is 3.71. The molecule has 0 fully saturated rings. The Labute approximate surface area is 153 Å². The van der Waals surface area contributed by atoms with E-state index in [0.717, 1.165) is 3.63 Å². The summed E-state index contributed by atoms with van der Waals surface area (Å²) >= 11 is 3.13. The molecule has 20 heavy (non-hydrogen) atoms. The number of allylic oxidation sites excluding steroid dienone is 5. The molecule has 4 heteroatoms. The average Bonchev–Trinajstić information content (AvgIpc) is 2.95. The van der Waals surface area contributed by atoms with E-state index in [-0.39, 0.29) is 24.8 Å². The van der Waals surface area contributed by atoms with Crippen LogP contribution in [0.1, 0.15) is 33.7 Å². The van der Waals surface area contributed by atoms with Gasteiger partial charge in [-0.3, -0.25) is 0 Å². The minimum absolute atomic E-state index is 0. The van der Waals surface area contributed by atoms with Gasteiger partial charge in [0.1, 0.15) is 0 Å². The molecule has 0 saturated heterocycles. The third-order valence-corrected chi connectivity index (χ3v) is 9.00. The number of hydrogen-bond donors (Lipinski definition) is 0. The van der Waals surface area contributed by atoms with Crippen molar-refractivity contribution < 1.29 is 48.0 Å². The van der Waals surface area contributed by atoms with E-state index in [4.69, 9.17) is 0 Å². The van der Waals surface area contributed by atoms with Crippen LogP contribution in [0.2, 0.25) is 0 Å². The van der Waals surface area contributed by atoms with E-state index >= 15 is 0 Å². The fourth-order valence-corrected chi connectivity index (χ4v) is 6.73. The first-order valence-corrected chi connectivity index (χ1v) is 9.70. The van der Waals surface area contributed by atoms with Crippen molar-refractivity contribution in [3.63, 3.8) is 0 Å². The first-order chi connectivity index (χ1) is 8.66. The van der Waals surface area contributed by atoms with Crippen molar-refractivity contribution >= 4 is 22.0 Å². The van der Waals surface area contributed by atoms with E-state index in [1.807, 2.05) is 0 Å². The van der Waals surface area contributed by atoms with E-state index in [9.17, 15) is 0 Å². The molecule has 1 atom stereocenters. The van der Waals surface area contributed by atoms with Gasteiger partial charge in [0, 0.05) is 0 Å². The Morgan fingerprint density at radius 2 is 1.95 bits per heavy atom. The Hall–Kier alpha value is 0.383. The molecule has 0 N–H and O–H groups in total. The molecule has 0 amide bonds. The van der Waals surface area contributed by atoms with Gasteiger partial charge in [0.2, 0.25) is 0 Å². The third kappa shape index (κ3) is 3.41. The Morgan fingerprint density at radius 3 is 2.60 bits per heavy atom. The molecule has 0 radical (unpaired) electrons. The molecule has 0 saturated carbocycles. The van der Waals surface area contributed by atoms with Gasteiger partial charge < -0.3 is 24.8 Å². The van der Waals surface area contributed by atoms with Crippen molar-refractivity contribution in [2.75, 3.05) is 0 Å².